The number of aliphatic hydroxyl groups is 1. The van der Waals surface area contributed by atoms with Crippen molar-refractivity contribution in [1.29, 1.82) is 0 Å². The molecule has 178 valence electrons. The highest BCUT2D eigenvalue weighted by atomic mass is 32.1. The number of aryl methyl sites for hydroxylation is 1. The van der Waals surface area contributed by atoms with Crippen LogP contribution in [-0.2, 0) is 16.0 Å². The van der Waals surface area contributed by atoms with Crippen LogP contribution in [0.5, 0.6) is 0 Å². The Bertz CT molecular complexity index is 964. The van der Waals surface area contributed by atoms with Gasteiger partial charge in [0.15, 0.2) is 0 Å². The smallest absolute Gasteiger partial charge is 0.348 e. The molecule has 0 unspecified atom stereocenters. The van der Waals surface area contributed by atoms with Crippen LogP contribution in [0.25, 0.3) is 10.2 Å². The summed E-state index contributed by atoms with van der Waals surface area (Å²) in [7, 11) is 0. The molecule has 8 nitrogen and oxygen atoms in total. The van der Waals surface area contributed by atoms with E-state index in [0.717, 1.165) is 25.7 Å². The van der Waals surface area contributed by atoms with Gasteiger partial charge in [0, 0.05) is 12.6 Å². The van der Waals surface area contributed by atoms with Gasteiger partial charge in [-0.2, -0.15) is 0 Å². The van der Waals surface area contributed by atoms with Gasteiger partial charge in [-0.25, -0.2) is 9.78 Å². The molecule has 0 amide bonds. The topological polar surface area (TPSA) is 105 Å². The molecule has 2 heterocycles. The lowest BCUT2D eigenvalue weighted by atomic mass is 9.94. The van der Waals surface area contributed by atoms with Gasteiger partial charge >= 0.3 is 5.97 Å². The zero-order chi connectivity index (χ0) is 23.3. The molecular formula is C23H35N3O5S. The number of carbonyl (C=O) groups is 1. The molecule has 0 saturated heterocycles. The first-order valence-electron chi connectivity index (χ1n) is 11.5. The predicted octanol–water partition coefficient (Wildman–Crippen LogP) is 3.39. The van der Waals surface area contributed by atoms with Crippen LogP contribution < -0.4 is 5.56 Å². The fraction of sp³-hybridized carbons (Fsp3) is 0.696. The number of nitrogens with one attached hydrogen (secondary N) is 1. The molecule has 0 bridgehead atoms. The molecule has 0 aliphatic heterocycles. The second kappa shape index (κ2) is 11.4. The molecule has 0 aromatic carbocycles. The van der Waals surface area contributed by atoms with E-state index < -0.39 is 12.1 Å². The Labute approximate surface area is 192 Å². The molecule has 1 saturated carbocycles. The molecule has 2 aromatic heterocycles. The van der Waals surface area contributed by atoms with Crippen molar-refractivity contribution in [3.8, 4) is 0 Å². The van der Waals surface area contributed by atoms with E-state index in [2.05, 4.69) is 14.9 Å². The van der Waals surface area contributed by atoms with Crippen LogP contribution in [0.1, 0.15) is 73.9 Å². The van der Waals surface area contributed by atoms with Crippen molar-refractivity contribution in [1.82, 2.24) is 14.9 Å². The molecule has 2 N–H and O–H groups in total. The van der Waals surface area contributed by atoms with Crippen molar-refractivity contribution in [2.24, 2.45) is 0 Å². The van der Waals surface area contributed by atoms with Gasteiger partial charge in [0.05, 0.1) is 37.4 Å². The molecule has 2 aromatic rings. The number of carbonyl (C=O) groups excluding carboxylic acids is 1. The second-order valence-electron chi connectivity index (χ2n) is 8.73. The zero-order valence-electron chi connectivity index (χ0n) is 19.5. The highest BCUT2D eigenvalue weighted by Gasteiger charge is 2.26. The average molecular weight is 466 g/mol. The van der Waals surface area contributed by atoms with Crippen LogP contribution in [0, 0.1) is 6.92 Å². The van der Waals surface area contributed by atoms with E-state index in [1.807, 2.05) is 13.8 Å². The number of thiophene rings is 1. The summed E-state index contributed by atoms with van der Waals surface area (Å²) >= 11 is 1.19. The van der Waals surface area contributed by atoms with Crippen LogP contribution in [-0.4, -0.2) is 64.0 Å². The molecule has 3 rings (SSSR count). The summed E-state index contributed by atoms with van der Waals surface area (Å²) in [4.78, 5) is 35.8. The van der Waals surface area contributed by atoms with Gasteiger partial charge in [0.2, 0.25) is 0 Å². The molecule has 0 spiro atoms. The monoisotopic (exact) mass is 465 g/mol. The fourth-order valence-corrected chi connectivity index (χ4v) is 5.36. The third-order valence-corrected chi connectivity index (χ3v) is 6.99. The molecule has 1 atom stereocenters. The van der Waals surface area contributed by atoms with Gasteiger partial charge < -0.3 is 19.6 Å². The minimum Gasteiger partial charge on any atom is -0.462 e. The van der Waals surface area contributed by atoms with Crippen molar-refractivity contribution >= 4 is 27.5 Å². The van der Waals surface area contributed by atoms with E-state index >= 15 is 0 Å². The maximum absolute atomic E-state index is 12.8. The number of ether oxygens (including phenoxy) is 2. The maximum Gasteiger partial charge on any atom is 0.348 e. The number of hydrogen-bond acceptors (Lipinski definition) is 8. The van der Waals surface area contributed by atoms with E-state index in [4.69, 9.17) is 9.47 Å². The van der Waals surface area contributed by atoms with Crippen LogP contribution in [0.4, 0.5) is 0 Å². The second-order valence-corrected chi connectivity index (χ2v) is 9.73. The van der Waals surface area contributed by atoms with Crippen molar-refractivity contribution in [2.75, 3.05) is 19.8 Å². The number of fused-ring (bicyclic) bond motifs is 1. The third-order valence-electron chi connectivity index (χ3n) is 5.82. The minimum atomic E-state index is -0.617. The lowest BCUT2D eigenvalue weighted by Crippen LogP contribution is -2.43. The Hall–Kier alpha value is -1.81. The number of aromatic nitrogens is 2. The number of aromatic amines is 1. The van der Waals surface area contributed by atoms with Crippen LogP contribution in [0.3, 0.4) is 0 Å². The number of rotatable bonds is 10. The van der Waals surface area contributed by atoms with Crippen molar-refractivity contribution < 1.29 is 19.4 Å². The Morgan fingerprint density at radius 1 is 1.31 bits per heavy atom. The van der Waals surface area contributed by atoms with Gasteiger partial charge in [0.25, 0.3) is 5.56 Å². The highest BCUT2D eigenvalue weighted by molar-refractivity contribution is 7.20. The molecule has 9 heteroatoms. The summed E-state index contributed by atoms with van der Waals surface area (Å²) in [6.45, 7) is 8.84. The first kappa shape index (κ1) is 24.8. The summed E-state index contributed by atoms with van der Waals surface area (Å²) in [5.41, 5.74) is 0.357. The molecule has 1 aliphatic carbocycles. The quantitative estimate of drug-likeness (QED) is 0.518. The molecule has 1 aliphatic rings. The average Bonchev–Trinajstić information content (AvgIpc) is 3.09. The van der Waals surface area contributed by atoms with Crippen LogP contribution in [0.15, 0.2) is 4.79 Å². The SMILES string of the molecule is CCOC(=O)c1sc2nc(CN(C[C@H](O)COC(C)C)C3CCCCC3)[nH]c(=O)c2c1C. The predicted molar refractivity (Wildman–Crippen MR) is 125 cm³/mol. The van der Waals surface area contributed by atoms with Crippen LogP contribution >= 0.6 is 11.3 Å². The Balaban J connectivity index is 1.85. The highest BCUT2D eigenvalue weighted by Crippen LogP contribution is 2.28. The third kappa shape index (κ3) is 6.15. The van der Waals surface area contributed by atoms with Gasteiger partial charge in [-0.1, -0.05) is 19.3 Å². The Morgan fingerprint density at radius 2 is 2.03 bits per heavy atom. The van der Waals surface area contributed by atoms with Crippen molar-refractivity contribution in [2.45, 2.75) is 84.6 Å². The van der Waals surface area contributed by atoms with Crippen molar-refractivity contribution in [3.05, 3.63) is 26.6 Å². The van der Waals surface area contributed by atoms with E-state index in [1.54, 1.807) is 13.8 Å². The molecule has 0 radical (unpaired) electrons. The van der Waals surface area contributed by atoms with Gasteiger partial charge in [0.1, 0.15) is 15.5 Å². The summed E-state index contributed by atoms with van der Waals surface area (Å²) in [5, 5.41) is 11.0. The zero-order valence-corrected chi connectivity index (χ0v) is 20.3. The molecular weight excluding hydrogens is 430 g/mol. The standard InChI is InChI=1S/C23H35N3O5S/c1-5-30-23(29)20-15(4)19-21(28)24-18(25-22(19)32-20)12-26(16-9-7-6-8-10-16)11-17(27)13-31-14(2)3/h14,16-17,27H,5-13H2,1-4H3,(H,24,25,28)/t17-/m0/s1. The Kier molecular flexibility index (Phi) is 8.81. The normalized spacial score (nSPS) is 16.2. The largest absolute Gasteiger partial charge is 0.462 e. The summed E-state index contributed by atoms with van der Waals surface area (Å²) < 4.78 is 10.7. The lowest BCUT2D eigenvalue weighted by Gasteiger charge is -2.35. The number of H-pyrrole nitrogens is 1. The first-order chi connectivity index (χ1) is 15.3. The maximum atomic E-state index is 12.8. The number of hydrogen-bond donors (Lipinski definition) is 2. The van der Waals surface area contributed by atoms with E-state index in [9.17, 15) is 14.7 Å². The summed E-state index contributed by atoms with van der Waals surface area (Å²) in [6.07, 6.45) is 5.13. The molecule has 32 heavy (non-hydrogen) atoms. The van der Waals surface area contributed by atoms with Gasteiger partial charge in [-0.15, -0.1) is 11.3 Å². The van der Waals surface area contributed by atoms with E-state index in [0.29, 0.717) is 45.6 Å². The van der Waals surface area contributed by atoms with Crippen LogP contribution in [0.2, 0.25) is 0 Å². The van der Waals surface area contributed by atoms with E-state index in [-0.39, 0.29) is 24.9 Å². The van der Waals surface area contributed by atoms with Gasteiger partial charge in [-0.3, -0.25) is 9.69 Å². The molecule has 1 fully saturated rings. The number of aliphatic hydroxyl groups excluding tert-OH is 1. The van der Waals surface area contributed by atoms with Crippen molar-refractivity contribution in [3.63, 3.8) is 0 Å². The van der Waals surface area contributed by atoms with E-state index in [1.165, 1.54) is 17.8 Å². The minimum absolute atomic E-state index is 0.0591. The van der Waals surface area contributed by atoms with Gasteiger partial charge in [-0.05, 0) is 46.1 Å². The number of nitrogens with zero attached hydrogens (tertiary/aromatic N) is 2. The summed E-state index contributed by atoms with van der Waals surface area (Å²) in [5.74, 6) is 0.118. The first-order valence-corrected chi connectivity index (χ1v) is 12.3. The Morgan fingerprint density at radius 3 is 2.69 bits per heavy atom. The fourth-order valence-electron chi connectivity index (χ4n) is 4.26. The lowest BCUT2D eigenvalue weighted by molar-refractivity contribution is -0.0189. The number of esters is 1. The summed E-state index contributed by atoms with van der Waals surface area (Å²) in [6, 6.07) is 0.332.